The van der Waals surface area contributed by atoms with Gasteiger partial charge in [0.15, 0.2) is 5.78 Å². The van der Waals surface area contributed by atoms with Gasteiger partial charge in [-0.25, -0.2) is 0 Å². The first-order valence-electron chi connectivity index (χ1n) is 8.63. The van der Waals surface area contributed by atoms with E-state index in [0.717, 1.165) is 0 Å². The average Bonchev–Trinajstić information content (AvgIpc) is 2.61. The molecule has 0 aliphatic carbocycles. The first-order valence-corrected chi connectivity index (χ1v) is 8.63. The molecule has 2 N–H and O–H groups in total. The number of phenols is 2. The second-order valence-corrected chi connectivity index (χ2v) is 7.20. The third-order valence-corrected chi connectivity index (χ3v) is 4.85. The molecule has 0 amide bonds. The van der Waals surface area contributed by atoms with E-state index in [9.17, 15) is 15.0 Å². The highest BCUT2D eigenvalue weighted by Gasteiger charge is 2.36. The number of phenolic OH excluding ortho intramolecular Hbond substituents is 2. The van der Waals surface area contributed by atoms with Crippen molar-refractivity contribution >= 4 is 11.9 Å². The van der Waals surface area contributed by atoms with Crippen LogP contribution in [-0.4, -0.2) is 35.3 Å². The summed E-state index contributed by atoms with van der Waals surface area (Å²) in [4.78, 5) is 13.1. The second kappa shape index (κ2) is 5.94. The van der Waals surface area contributed by atoms with Crippen molar-refractivity contribution in [1.29, 1.82) is 0 Å². The summed E-state index contributed by atoms with van der Waals surface area (Å²) in [6.07, 6.45) is 3.66. The predicted octanol–water partition coefficient (Wildman–Crippen LogP) is 3.65. The van der Waals surface area contributed by atoms with Crippen molar-refractivity contribution < 1.29 is 29.2 Å². The molecule has 1 atom stereocenters. The van der Waals surface area contributed by atoms with Gasteiger partial charge in [-0.15, -0.1) is 0 Å². The van der Waals surface area contributed by atoms with E-state index in [2.05, 4.69) is 0 Å². The molecule has 2 heterocycles. The summed E-state index contributed by atoms with van der Waals surface area (Å²) in [5.74, 6) is 0.114. The van der Waals surface area contributed by atoms with E-state index in [1.165, 1.54) is 19.2 Å². The number of carbonyl (C=O) groups excluding carboxylic acids is 1. The van der Waals surface area contributed by atoms with Gasteiger partial charge in [-0.2, -0.15) is 0 Å². The normalized spacial score (nSPS) is 19.5. The number of Topliss-reactive ketones (excluding diaryl/α,β-unsaturated/α-hetero) is 1. The third-order valence-electron chi connectivity index (χ3n) is 4.85. The SMILES string of the molecule is COc1cc(O)cc2c1C(=O)[C@@H](c1ccc3c(c1O)C=CC(C)(C)O3)CO2. The summed E-state index contributed by atoms with van der Waals surface area (Å²) in [7, 11) is 1.42. The maximum absolute atomic E-state index is 13.1. The fraction of sp³-hybridized carbons (Fsp3) is 0.286. The van der Waals surface area contributed by atoms with E-state index < -0.39 is 11.5 Å². The summed E-state index contributed by atoms with van der Waals surface area (Å²) in [5, 5.41) is 20.5. The number of hydrogen-bond acceptors (Lipinski definition) is 6. The summed E-state index contributed by atoms with van der Waals surface area (Å²) >= 11 is 0. The van der Waals surface area contributed by atoms with Crippen LogP contribution in [0.1, 0.15) is 41.3 Å². The van der Waals surface area contributed by atoms with Gasteiger partial charge in [0.25, 0.3) is 0 Å². The van der Waals surface area contributed by atoms with Crippen LogP contribution in [0.25, 0.3) is 6.08 Å². The van der Waals surface area contributed by atoms with Crippen molar-refractivity contribution in [2.24, 2.45) is 0 Å². The molecule has 0 spiro atoms. The molecule has 0 saturated heterocycles. The Morgan fingerprint density at radius 3 is 2.70 bits per heavy atom. The minimum absolute atomic E-state index is 0.00222. The van der Waals surface area contributed by atoms with Gasteiger partial charge < -0.3 is 24.4 Å². The molecule has 140 valence electrons. The van der Waals surface area contributed by atoms with Crippen molar-refractivity contribution in [3.8, 4) is 28.7 Å². The minimum atomic E-state index is -0.690. The number of rotatable bonds is 2. The zero-order valence-corrected chi connectivity index (χ0v) is 15.3. The fourth-order valence-electron chi connectivity index (χ4n) is 3.49. The molecule has 0 fully saturated rings. The second-order valence-electron chi connectivity index (χ2n) is 7.20. The first kappa shape index (κ1) is 17.3. The topological polar surface area (TPSA) is 85.2 Å². The molecule has 2 aromatic rings. The molecular weight excluding hydrogens is 348 g/mol. The lowest BCUT2D eigenvalue weighted by molar-refractivity contribution is 0.0889. The Hall–Kier alpha value is -3.15. The quantitative estimate of drug-likeness (QED) is 0.842. The van der Waals surface area contributed by atoms with E-state index in [1.807, 2.05) is 19.9 Å². The third kappa shape index (κ3) is 2.77. The Bertz CT molecular complexity index is 956. The van der Waals surface area contributed by atoms with Crippen LogP contribution in [0.4, 0.5) is 0 Å². The summed E-state index contributed by atoms with van der Waals surface area (Å²) < 4.78 is 16.8. The van der Waals surface area contributed by atoms with Crippen molar-refractivity contribution in [3.63, 3.8) is 0 Å². The lowest BCUT2D eigenvalue weighted by Crippen LogP contribution is -2.28. The molecule has 0 radical (unpaired) electrons. The Morgan fingerprint density at radius 1 is 1.19 bits per heavy atom. The zero-order valence-electron chi connectivity index (χ0n) is 15.3. The standard InChI is InChI=1S/C21H20O6/c1-21(2)7-6-13-15(27-21)5-4-12(19(13)23)14-10-26-17-9-11(22)8-16(25-3)18(17)20(14)24/h4-9,14,22-23H,10H2,1-3H3/t14-/m1/s1. The van der Waals surface area contributed by atoms with Crippen molar-refractivity contribution in [1.82, 2.24) is 0 Å². The van der Waals surface area contributed by atoms with Gasteiger partial charge >= 0.3 is 0 Å². The van der Waals surface area contributed by atoms with Gasteiger partial charge in [-0.05, 0) is 32.1 Å². The molecular formula is C21H20O6. The van der Waals surface area contributed by atoms with Crippen molar-refractivity contribution in [2.45, 2.75) is 25.4 Å². The Labute approximate surface area is 156 Å². The molecule has 2 aliphatic rings. The van der Waals surface area contributed by atoms with Crippen LogP contribution in [0.3, 0.4) is 0 Å². The first-order chi connectivity index (χ1) is 12.8. The molecule has 0 unspecified atom stereocenters. The molecule has 0 bridgehead atoms. The van der Waals surface area contributed by atoms with Crippen molar-refractivity contribution in [3.05, 3.63) is 47.0 Å². The minimum Gasteiger partial charge on any atom is -0.508 e. The molecule has 2 aliphatic heterocycles. The van der Waals surface area contributed by atoms with Crippen LogP contribution in [0.2, 0.25) is 0 Å². The van der Waals surface area contributed by atoms with E-state index in [1.54, 1.807) is 18.2 Å². The highest BCUT2D eigenvalue weighted by Crippen LogP contribution is 2.45. The number of aromatic hydroxyl groups is 2. The smallest absolute Gasteiger partial charge is 0.181 e. The van der Waals surface area contributed by atoms with Crippen LogP contribution in [0.15, 0.2) is 30.3 Å². The number of benzene rings is 2. The number of carbonyl (C=O) groups is 1. The Balaban J connectivity index is 1.77. The lowest BCUT2D eigenvalue weighted by atomic mass is 9.86. The van der Waals surface area contributed by atoms with Gasteiger partial charge in [0.1, 0.15) is 46.5 Å². The van der Waals surface area contributed by atoms with E-state index in [4.69, 9.17) is 14.2 Å². The number of methoxy groups -OCH3 is 1. The number of hydrogen-bond donors (Lipinski definition) is 2. The molecule has 0 saturated carbocycles. The monoisotopic (exact) mass is 368 g/mol. The molecule has 4 rings (SSSR count). The Morgan fingerprint density at radius 2 is 1.96 bits per heavy atom. The van der Waals surface area contributed by atoms with Crippen LogP contribution in [-0.2, 0) is 0 Å². The molecule has 0 aromatic heterocycles. The molecule has 2 aromatic carbocycles. The maximum atomic E-state index is 13.1. The van der Waals surface area contributed by atoms with E-state index >= 15 is 0 Å². The van der Waals surface area contributed by atoms with E-state index in [0.29, 0.717) is 16.9 Å². The predicted molar refractivity (Wildman–Crippen MR) is 99.1 cm³/mol. The van der Waals surface area contributed by atoms with Crippen LogP contribution in [0, 0.1) is 0 Å². The maximum Gasteiger partial charge on any atom is 0.181 e. The van der Waals surface area contributed by atoms with Crippen molar-refractivity contribution in [2.75, 3.05) is 13.7 Å². The largest absolute Gasteiger partial charge is 0.508 e. The fourth-order valence-corrected chi connectivity index (χ4v) is 3.49. The lowest BCUT2D eigenvalue weighted by Gasteiger charge is -2.30. The summed E-state index contributed by atoms with van der Waals surface area (Å²) in [6.45, 7) is 3.91. The van der Waals surface area contributed by atoms with Gasteiger partial charge in [0.2, 0.25) is 0 Å². The van der Waals surface area contributed by atoms with Crippen LogP contribution >= 0.6 is 0 Å². The average molecular weight is 368 g/mol. The van der Waals surface area contributed by atoms with Gasteiger partial charge in [-0.3, -0.25) is 4.79 Å². The molecule has 6 heteroatoms. The van der Waals surface area contributed by atoms with E-state index in [-0.39, 0.29) is 41.0 Å². The number of ether oxygens (including phenoxy) is 3. The highest BCUT2D eigenvalue weighted by atomic mass is 16.5. The summed E-state index contributed by atoms with van der Waals surface area (Å²) in [5.41, 5.74) is 0.811. The van der Waals surface area contributed by atoms with Gasteiger partial charge in [0, 0.05) is 17.7 Å². The number of ketones is 1. The van der Waals surface area contributed by atoms with Gasteiger partial charge in [0.05, 0.1) is 18.6 Å². The molecule has 6 nitrogen and oxygen atoms in total. The Kier molecular flexibility index (Phi) is 3.80. The summed E-state index contributed by atoms with van der Waals surface area (Å²) in [6, 6.07) is 6.20. The molecule has 27 heavy (non-hydrogen) atoms. The number of fused-ring (bicyclic) bond motifs is 2. The zero-order chi connectivity index (χ0) is 19.3. The van der Waals surface area contributed by atoms with Crippen LogP contribution in [0.5, 0.6) is 28.7 Å². The van der Waals surface area contributed by atoms with Gasteiger partial charge in [-0.1, -0.05) is 6.07 Å². The highest BCUT2D eigenvalue weighted by molar-refractivity contribution is 6.07. The van der Waals surface area contributed by atoms with Crippen LogP contribution < -0.4 is 14.2 Å².